The zero-order valence-corrected chi connectivity index (χ0v) is 16.4. The normalized spacial score (nSPS) is 11.6. The van der Waals surface area contributed by atoms with E-state index in [9.17, 15) is 9.59 Å². The molecule has 0 radical (unpaired) electrons. The van der Waals surface area contributed by atoms with Crippen LogP contribution in [-0.4, -0.2) is 32.2 Å². The summed E-state index contributed by atoms with van der Waals surface area (Å²) < 4.78 is 15.7. The quantitative estimate of drug-likeness (QED) is 0.743. The van der Waals surface area contributed by atoms with Crippen LogP contribution in [0, 0.1) is 6.92 Å². The van der Waals surface area contributed by atoms with Gasteiger partial charge in [0.1, 0.15) is 4.88 Å². The van der Waals surface area contributed by atoms with Crippen molar-refractivity contribution in [3.05, 3.63) is 39.6 Å². The van der Waals surface area contributed by atoms with Gasteiger partial charge < -0.3 is 19.5 Å². The summed E-state index contributed by atoms with van der Waals surface area (Å²) in [6.45, 7) is 5.53. The zero-order chi connectivity index (χ0) is 19.3. The summed E-state index contributed by atoms with van der Waals surface area (Å²) in [5.41, 5.74) is 1.64. The minimum Gasteiger partial charge on any atom is -0.493 e. The predicted molar refractivity (Wildman–Crippen MR) is 101 cm³/mol. The number of methoxy groups -OCH3 is 2. The van der Waals surface area contributed by atoms with E-state index in [1.165, 1.54) is 32.5 Å². The van der Waals surface area contributed by atoms with Crippen LogP contribution in [0.1, 0.15) is 34.0 Å². The molecule has 0 saturated carbocycles. The molecule has 2 aromatic rings. The van der Waals surface area contributed by atoms with Crippen LogP contribution in [0.25, 0.3) is 0 Å². The van der Waals surface area contributed by atoms with E-state index in [0.717, 1.165) is 16.9 Å². The number of benzene rings is 1. The fourth-order valence-corrected chi connectivity index (χ4v) is 3.40. The fourth-order valence-electron chi connectivity index (χ4n) is 2.40. The molecule has 1 aromatic carbocycles. The number of amides is 1. The summed E-state index contributed by atoms with van der Waals surface area (Å²) >= 11 is 1.38. The molecule has 0 spiro atoms. The summed E-state index contributed by atoms with van der Waals surface area (Å²) in [5.74, 6) is 0.142. The highest BCUT2D eigenvalue weighted by Crippen LogP contribution is 2.30. The first-order chi connectivity index (χ1) is 12.4. The van der Waals surface area contributed by atoms with Crippen molar-refractivity contribution in [2.24, 2.45) is 0 Å². The third-order valence-electron chi connectivity index (χ3n) is 3.91. The standard InChI is InChI=1S/C19H23NO5S/c1-6-13-9-17(26-12(13)3)19(22)25-11(2)18(21)20-14-7-8-15(23-4)16(10-14)24-5/h7-11H,6H2,1-5H3,(H,20,21)/t11-/m1/s1. The van der Waals surface area contributed by atoms with Gasteiger partial charge in [0.25, 0.3) is 5.91 Å². The molecular formula is C19H23NO5S. The van der Waals surface area contributed by atoms with Crippen molar-refractivity contribution in [2.45, 2.75) is 33.3 Å². The molecule has 1 N–H and O–H groups in total. The minimum atomic E-state index is -0.928. The van der Waals surface area contributed by atoms with Gasteiger partial charge in [-0.25, -0.2) is 4.79 Å². The molecule has 0 aliphatic carbocycles. The van der Waals surface area contributed by atoms with E-state index < -0.39 is 18.0 Å². The second-order valence-electron chi connectivity index (χ2n) is 5.65. The molecule has 0 aliphatic heterocycles. The number of thiophene rings is 1. The molecular weight excluding hydrogens is 354 g/mol. The van der Waals surface area contributed by atoms with Gasteiger partial charge in [-0.05, 0) is 44.0 Å². The van der Waals surface area contributed by atoms with Crippen LogP contribution < -0.4 is 14.8 Å². The van der Waals surface area contributed by atoms with Crippen molar-refractivity contribution >= 4 is 28.9 Å². The minimum absolute atomic E-state index is 0.422. The second-order valence-corrected chi connectivity index (χ2v) is 6.91. The van der Waals surface area contributed by atoms with Crippen LogP contribution >= 0.6 is 11.3 Å². The highest BCUT2D eigenvalue weighted by molar-refractivity contribution is 7.14. The average molecular weight is 377 g/mol. The lowest BCUT2D eigenvalue weighted by molar-refractivity contribution is -0.123. The maximum atomic E-state index is 12.3. The number of hydrogen-bond donors (Lipinski definition) is 1. The molecule has 0 bridgehead atoms. The first-order valence-corrected chi connectivity index (χ1v) is 9.04. The van der Waals surface area contributed by atoms with E-state index in [-0.39, 0.29) is 0 Å². The van der Waals surface area contributed by atoms with Gasteiger partial charge in [-0.1, -0.05) is 6.92 Å². The molecule has 26 heavy (non-hydrogen) atoms. The Morgan fingerprint density at radius 1 is 1.15 bits per heavy atom. The number of rotatable bonds is 7. The summed E-state index contributed by atoms with van der Waals surface area (Å²) in [6.07, 6.45) is -0.0756. The second kappa shape index (κ2) is 8.71. The van der Waals surface area contributed by atoms with Gasteiger partial charge in [0.05, 0.1) is 14.2 Å². The molecule has 0 saturated heterocycles. The number of anilines is 1. The number of carbonyl (C=O) groups is 2. The summed E-state index contributed by atoms with van der Waals surface area (Å²) in [4.78, 5) is 26.1. The molecule has 1 aromatic heterocycles. The molecule has 1 amide bonds. The Labute approximate surface area is 157 Å². The monoisotopic (exact) mass is 377 g/mol. The molecule has 1 heterocycles. The smallest absolute Gasteiger partial charge is 0.349 e. The number of carbonyl (C=O) groups excluding carboxylic acids is 2. The van der Waals surface area contributed by atoms with E-state index in [0.29, 0.717) is 22.1 Å². The van der Waals surface area contributed by atoms with Crippen LogP contribution in [0.5, 0.6) is 11.5 Å². The zero-order valence-electron chi connectivity index (χ0n) is 15.5. The van der Waals surface area contributed by atoms with E-state index in [2.05, 4.69) is 5.32 Å². The van der Waals surface area contributed by atoms with Crippen LogP contribution in [0.2, 0.25) is 0 Å². The van der Waals surface area contributed by atoms with Crippen LogP contribution in [0.15, 0.2) is 24.3 Å². The Morgan fingerprint density at radius 3 is 2.42 bits per heavy atom. The molecule has 2 rings (SSSR count). The maximum absolute atomic E-state index is 12.3. The van der Waals surface area contributed by atoms with Crippen molar-refractivity contribution < 1.29 is 23.8 Å². The summed E-state index contributed by atoms with van der Waals surface area (Å²) in [6, 6.07) is 6.83. The van der Waals surface area contributed by atoms with Gasteiger partial charge in [0.15, 0.2) is 17.6 Å². The first-order valence-electron chi connectivity index (χ1n) is 8.22. The summed E-state index contributed by atoms with van der Waals surface area (Å²) in [5, 5.41) is 2.70. The van der Waals surface area contributed by atoms with Gasteiger partial charge in [-0.2, -0.15) is 0 Å². The van der Waals surface area contributed by atoms with Crippen molar-refractivity contribution in [2.75, 3.05) is 19.5 Å². The Kier molecular flexibility index (Phi) is 6.63. The SMILES string of the molecule is CCc1cc(C(=O)O[C@H](C)C(=O)Nc2ccc(OC)c(OC)c2)sc1C. The van der Waals surface area contributed by atoms with Gasteiger partial charge in [-0.3, -0.25) is 4.79 Å². The van der Waals surface area contributed by atoms with E-state index in [1.807, 2.05) is 19.9 Å². The molecule has 0 fully saturated rings. The maximum Gasteiger partial charge on any atom is 0.349 e. The number of esters is 1. The number of ether oxygens (including phenoxy) is 3. The third kappa shape index (κ3) is 4.54. The van der Waals surface area contributed by atoms with E-state index in [1.54, 1.807) is 18.2 Å². The average Bonchev–Trinajstić information content (AvgIpc) is 3.02. The van der Waals surface area contributed by atoms with Crippen molar-refractivity contribution in [1.82, 2.24) is 0 Å². The van der Waals surface area contributed by atoms with Gasteiger partial charge >= 0.3 is 5.97 Å². The van der Waals surface area contributed by atoms with Crippen molar-refractivity contribution in [3.8, 4) is 11.5 Å². The topological polar surface area (TPSA) is 73.9 Å². The molecule has 1 atom stereocenters. The van der Waals surface area contributed by atoms with Crippen molar-refractivity contribution in [3.63, 3.8) is 0 Å². The molecule has 6 nitrogen and oxygen atoms in total. The molecule has 7 heteroatoms. The van der Waals surface area contributed by atoms with E-state index in [4.69, 9.17) is 14.2 Å². The van der Waals surface area contributed by atoms with Crippen LogP contribution in [0.3, 0.4) is 0 Å². The third-order valence-corrected chi connectivity index (χ3v) is 4.98. The fraction of sp³-hybridized carbons (Fsp3) is 0.368. The van der Waals surface area contributed by atoms with Gasteiger partial charge in [-0.15, -0.1) is 11.3 Å². The van der Waals surface area contributed by atoms with Gasteiger partial charge in [0, 0.05) is 16.6 Å². The van der Waals surface area contributed by atoms with E-state index >= 15 is 0 Å². The molecule has 140 valence electrons. The highest BCUT2D eigenvalue weighted by Gasteiger charge is 2.21. The lowest BCUT2D eigenvalue weighted by atomic mass is 10.2. The Bertz CT molecular complexity index is 799. The first kappa shape index (κ1) is 19.8. The molecule has 0 aliphatic rings. The Balaban J connectivity index is 2.01. The summed E-state index contributed by atoms with van der Waals surface area (Å²) in [7, 11) is 3.05. The lowest BCUT2D eigenvalue weighted by Crippen LogP contribution is -2.29. The molecule has 0 unspecified atom stereocenters. The van der Waals surface area contributed by atoms with Gasteiger partial charge in [0.2, 0.25) is 0 Å². The Hall–Kier alpha value is -2.54. The Morgan fingerprint density at radius 2 is 1.85 bits per heavy atom. The lowest BCUT2D eigenvalue weighted by Gasteiger charge is -2.14. The highest BCUT2D eigenvalue weighted by atomic mass is 32.1. The largest absolute Gasteiger partial charge is 0.493 e. The van der Waals surface area contributed by atoms with Crippen molar-refractivity contribution in [1.29, 1.82) is 0 Å². The van der Waals surface area contributed by atoms with Crippen LogP contribution in [0.4, 0.5) is 5.69 Å². The number of aryl methyl sites for hydroxylation is 2. The number of hydrogen-bond acceptors (Lipinski definition) is 6. The van der Waals surface area contributed by atoms with Crippen LogP contribution in [-0.2, 0) is 16.0 Å². The number of nitrogens with one attached hydrogen (secondary N) is 1. The predicted octanol–water partition coefficient (Wildman–Crippen LogP) is 3.82.